The molecule has 1 atom stereocenters. The molecular weight excluding hydrogens is 300 g/mol. The first kappa shape index (κ1) is 23.5. The third-order valence-electron chi connectivity index (χ3n) is 4.53. The largest absolute Gasteiger partial charge is 0.393 e. The Morgan fingerprint density at radius 3 is 2.25 bits per heavy atom. The Hall–Kier alpha value is -0.450. The highest BCUT2D eigenvalue weighted by atomic mass is 16.3. The monoisotopic (exact) mass is 342 g/mol. The smallest absolute Gasteiger partial charge is 0.133 e. The Morgan fingerprint density at radius 2 is 1.54 bits per heavy atom. The van der Waals surface area contributed by atoms with E-state index in [1.54, 1.807) is 0 Å². The quantitative estimate of drug-likeness (QED) is 0.311. The van der Waals surface area contributed by atoms with Crippen LogP contribution in [0.25, 0.3) is 0 Å². The average Bonchev–Trinajstić information content (AvgIpc) is 2.58. The lowest BCUT2D eigenvalue weighted by molar-refractivity contribution is -0.119. The highest BCUT2D eigenvalue weighted by molar-refractivity contribution is 5.78. The summed E-state index contributed by atoms with van der Waals surface area (Å²) in [4.78, 5) is 11.8. The van der Waals surface area contributed by atoms with Crippen molar-refractivity contribution in [1.82, 2.24) is 5.32 Å². The van der Waals surface area contributed by atoms with Crippen LogP contribution in [0.5, 0.6) is 0 Å². The van der Waals surface area contributed by atoms with Crippen molar-refractivity contribution in [3.63, 3.8) is 0 Å². The molecule has 24 heavy (non-hydrogen) atoms. The van der Waals surface area contributed by atoms with Gasteiger partial charge in [-0.1, -0.05) is 58.3 Å². The van der Waals surface area contributed by atoms with E-state index in [4.69, 9.17) is 5.73 Å². The predicted molar refractivity (Wildman–Crippen MR) is 103 cm³/mol. The van der Waals surface area contributed by atoms with Gasteiger partial charge in [0.1, 0.15) is 5.78 Å². The van der Waals surface area contributed by atoms with E-state index in [9.17, 15) is 9.90 Å². The molecule has 144 valence electrons. The topological polar surface area (TPSA) is 75.3 Å². The number of rotatable bonds is 19. The van der Waals surface area contributed by atoms with E-state index in [1.165, 1.54) is 44.9 Å². The molecule has 0 aromatic carbocycles. The number of hydrogen-bond donors (Lipinski definition) is 3. The first-order chi connectivity index (χ1) is 11.7. The number of hydrogen-bond acceptors (Lipinski definition) is 4. The van der Waals surface area contributed by atoms with Gasteiger partial charge in [-0.05, 0) is 32.2 Å². The summed E-state index contributed by atoms with van der Waals surface area (Å²) in [5.74, 6) is 0.327. The predicted octanol–water partition coefficient (Wildman–Crippen LogP) is 3.95. The van der Waals surface area contributed by atoms with Crippen LogP contribution in [0.3, 0.4) is 0 Å². The van der Waals surface area contributed by atoms with E-state index in [2.05, 4.69) is 12.2 Å². The molecule has 0 heterocycles. The Kier molecular flexibility index (Phi) is 18.5. The highest BCUT2D eigenvalue weighted by Gasteiger charge is 2.08. The summed E-state index contributed by atoms with van der Waals surface area (Å²) < 4.78 is 0. The zero-order valence-electron chi connectivity index (χ0n) is 16.0. The fourth-order valence-corrected chi connectivity index (χ4v) is 2.91. The van der Waals surface area contributed by atoms with Gasteiger partial charge in [0, 0.05) is 25.9 Å². The lowest BCUT2D eigenvalue weighted by Gasteiger charge is -2.09. The molecule has 0 aliphatic heterocycles. The van der Waals surface area contributed by atoms with E-state index in [1.807, 2.05) is 0 Å². The maximum atomic E-state index is 11.8. The van der Waals surface area contributed by atoms with Crippen molar-refractivity contribution in [3.8, 4) is 0 Å². The first-order valence-electron chi connectivity index (χ1n) is 10.3. The summed E-state index contributed by atoms with van der Waals surface area (Å²) in [6.07, 6.45) is 14.4. The molecule has 0 radical (unpaired) electrons. The molecule has 0 amide bonds. The van der Waals surface area contributed by atoms with Crippen LogP contribution >= 0.6 is 0 Å². The van der Waals surface area contributed by atoms with Crippen LogP contribution in [0.4, 0.5) is 0 Å². The number of nitrogens with one attached hydrogen (secondary N) is 1. The van der Waals surface area contributed by atoms with Gasteiger partial charge >= 0.3 is 0 Å². The third kappa shape index (κ3) is 17.9. The minimum absolute atomic E-state index is 0.279. The highest BCUT2D eigenvalue weighted by Crippen LogP contribution is 2.12. The number of aliphatic hydroxyl groups excluding tert-OH is 1. The average molecular weight is 343 g/mol. The van der Waals surface area contributed by atoms with Crippen LogP contribution in [-0.2, 0) is 4.79 Å². The summed E-state index contributed by atoms with van der Waals surface area (Å²) in [5.41, 5.74) is 5.42. The van der Waals surface area contributed by atoms with Gasteiger partial charge in [0.2, 0.25) is 0 Å². The Balaban J connectivity index is 3.28. The van der Waals surface area contributed by atoms with Gasteiger partial charge in [0.25, 0.3) is 0 Å². The summed E-state index contributed by atoms with van der Waals surface area (Å²) >= 11 is 0. The van der Waals surface area contributed by atoms with Crippen molar-refractivity contribution in [2.75, 3.05) is 19.6 Å². The summed E-state index contributed by atoms with van der Waals surface area (Å²) in [5, 5.41) is 13.2. The molecule has 4 heteroatoms. The lowest BCUT2D eigenvalue weighted by atomic mass is 10.0. The van der Waals surface area contributed by atoms with Gasteiger partial charge in [-0.3, -0.25) is 4.79 Å². The second-order valence-electron chi connectivity index (χ2n) is 6.99. The molecular formula is C20H42N2O2. The van der Waals surface area contributed by atoms with E-state index in [0.717, 1.165) is 38.8 Å². The first-order valence-corrected chi connectivity index (χ1v) is 10.3. The number of carbonyl (C=O) groups excluding carboxylic acids is 1. The SMILES string of the molecule is CCCCCCC(O)CCC(=O)CCCCCCCCNCCN. The van der Waals surface area contributed by atoms with Crippen molar-refractivity contribution >= 4 is 5.78 Å². The molecule has 0 saturated carbocycles. The third-order valence-corrected chi connectivity index (χ3v) is 4.53. The maximum absolute atomic E-state index is 11.8. The molecule has 1 unspecified atom stereocenters. The Labute approximate surface area is 150 Å². The normalized spacial score (nSPS) is 12.5. The molecule has 4 nitrogen and oxygen atoms in total. The molecule has 0 aliphatic carbocycles. The number of carbonyl (C=O) groups is 1. The van der Waals surface area contributed by atoms with Gasteiger partial charge in [-0.25, -0.2) is 0 Å². The second-order valence-corrected chi connectivity index (χ2v) is 6.99. The van der Waals surface area contributed by atoms with E-state index in [0.29, 0.717) is 31.6 Å². The number of ketones is 1. The minimum Gasteiger partial charge on any atom is -0.393 e. The van der Waals surface area contributed by atoms with Crippen LogP contribution in [0, 0.1) is 0 Å². The lowest BCUT2D eigenvalue weighted by Crippen LogP contribution is -2.23. The fourth-order valence-electron chi connectivity index (χ4n) is 2.91. The fraction of sp³-hybridized carbons (Fsp3) is 0.950. The number of aliphatic hydroxyl groups is 1. The van der Waals surface area contributed by atoms with Gasteiger partial charge in [-0.2, -0.15) is 0 Å². The molecule has 4 N–H and O–H groups in total. The molecule has 0 aromatic heterocycles. The molecule has 0 spiro atoms. The van der Waals surface area contributed by atoms with Crippen LogP contribution in [-0.4, -0.2) is 36.6 Å². The Morgan fingerprint density at radius 1 is 0.875 bits per heavy atom. The van der Waals surface area contributed by atoms with Crippen LogP contribution in [0.15, 0.2) is 0 Å². The van der Waals surface area contributed by atoms with Crippen LogP contribution in [0.1, 0.15) is 96.8 Å². The van der Waals surface area contributed by atoms with Gasteiger partial charge in [-0.15, -0.1) is 0 Å². The summed E-state index contributed by atoms with van der Waals surface area (Å²) in [6.45, 7) is 4.88. The molecule has 0 rings (SSSR count). The molecule has 0 bridgehead atoms. The summed E-state index contributed by atoms with van der Waals surface area (Å²) in [6, 6.07) is 0. The number of nitrogens with two attached hydrogens (primary N) is 1. The van der Waals surface area contributed by atoms with Crippen molar-refractivity contribution in [2.45, 2.75) is 103 Å². The minimum atomic E-state index is -0.279. The van der Waals surface area contributed by atoms with Crippen LogP contribution in [0.2, 0.25) is 0 Å². The van der Waals surface area contributed by atoms with Gasteiger partial charge < -0.3 is 16.2 Å². The maximum Gasteiger partial charge on any atom is 0.133 e. The summed E-state index contributed by atoms with van der Waals surface area (Å²) in [7, 11) is 0. The van der Waals surface area contributed by atoms with Gasteiger partial charge in [0.15, 0.2) is 0 Å². The van der Waals surface area contributed by atoms with Crippen LogP contribution < -0.4 is 11.1 Å². The van der Waals surface area contributed by atoms with E-state index >= 15 is 0 Å². The van der Waals surface area contributed by atoms with E-state index in [-0.39, 0.29) is 6.10 Å². The number of unbranched alkanes of at least 4 members (excludes halogenated alkanes) is 8. The van der Waals surface area contributed by atoms with Gasteiger partial charge in [0.05, 0.1) is 6.10 Å². The molecule has 0 saturated heterocycles. The molecule has 0 fully saturated rings. The van der Waals surface area contributed by atoms with Crippen molar-refractivity contribution in [1.29, 1.82) is 0 Å². The molecule has 0 aliphatic rings. The zero-order valence-corrected chi connectivity index (χ0v) is 16.0. The standard InChI is InChI=1S/C20H42N2O2/c1-2-3-4-9-12-19(23)14-15-20(24)13-10-7-5-6-8-11-17-22-18-16-21/h19,22-23H,2-18,21H2,1H3. The van der Waals surface area contributed by atoms with Crippen molar-refractivity contribution < 1.29 is 9.90 Å². The second kappa shape index (κ2) is 18.9. The van der Waals surface area contributed by atoms with Crippen molar-refractivity contribution in [3.05, 3.63) is 0 Å². The Bertz CT molecular complexity index is 272. The number of Topliss-reactive ketones (excluding diaryl/α,β-unsaturated/α-hetero) is 1. The van der Waals surface area contributed by atoms with E-state index < -0.39 is 0 Å². The molecule has 0 aromatic rings. The van der Waals surface area contributed by atoms with Crippen molar-refractivity contribution in [2.24, 2.45) is 5.73 Å². The zero-order chi connectivity index (χ0) is 17.9.